The molecule has 6 heteroatoms. The molecule has 2 saturated heterocycles. The molecule has 1 amide bonds. The van der Waals surface area contributed by atoms with Crippen LogP contribution in [0.1, 0.15) is 27.2 Å². The maximum absolute atomic E-state index is 12.1. The number of esters is 1. The Kier molecular flexibility index (Phi) is 4.02. The highest BCUT2D eigenvalue weighted by Crippen LogP contribution is 2.22. The van der Waals surface area contributed by atoms with Crippen molar-refractivity contribution in [3.63, 3.8) is 0 Å². The van der Waals surface area contributed by atoms with E-state index in [9.17, 15) is 9.59 Å². The van der Waals surface area contributed by atoms with E-state index >= 15 is 0 Å². The smallest absolute Gasteiger partial charge is 0.324 e. The molecule has 0 bridgehead atoms. The highest BCUT2D eigenvalue weighted by molar-refractivity contribution is 5.84. The highest BCUT2D eigenvalue weighted by atomic mass is 16.6. The number of piperazine rings is 1. The minimum Gasteiger partial charge on any atom is -0.459 e. The van der Waals surface area contributed by atoms with E-state index in [1.165, 1.54) is 0 Å². The minimum atomic E-state index is -0.530. The molecule has 0 aromatic heterocycles. The number of terminal acetylenes is 1. The third-order valence-electron chi connectivity index (χ3n) is 3.39. The van der Waals surface area contributed by atoms with Crippen molar-refractivity contribution in [2.24, 2.45) is 5.92 Å². The van der Waals surface area contributed by atoms with Crippen LogP contribution < -0.4 is 16.0 Å². The van der Waals surface area contributed by atoms with Crippen molar-refractivity contribution in [2.45, 2.75) is 51.0 Å². The van der Waals surface area contributed by atoms with E-state index in [4.69, 9.17) is 11.2 Å². The Morgan fingerprint density at radius 1 is 1.50 bits per heavy atom. The van der Waals surface area contributed by atoms with Gasteiger partial charge < -0.3 is 10.1 Å². The molecule has 2 aliphatic rings. The van der Waals surface area contributed by atoms with E-state index in [1.54, 1.807) is 0 Å². The molecular weight excluding hydrogens is 258 g/mol. The number of rotatable bonds is 2. The Labute approximate surface area is 119 Å². The molecule has 3 N–H and O–H groups in total. The summed E-state index contributed by atoms with van der Waals surface area (Å²) in [6, 6.07) is -0.659. The Balaban J connectivity index is 2.03. The van der Waals surface area contributed by atoms with Crippen LogP contribution in [-0.4, -0.2) is 42.3 Å². The first-order valence-electron chi connectivity index (χ1n) is 6.78. The fourth-order valence-corrected chi connectivity index (χ4v) is 2.54. The maximum atomic E-state index is 12.1. The number of carbonyl (C=O) groups excluding carboxylic acids is 2. The summed E-state index contributed by atoms with van der Waals surface area (Å²) in [6.45, 7) is 5.89. The predicted octanol–water partition coefficient (Wildman–Crippen LogP) is -0.646. The summed E-state index contributed by atoms with van der Waals surface area (Å²) in [4.78, 5) is 23.9. The molecule has 2 fully saturated rings. The first kappa shape index (κ1) is 14.8. The Morgan fingerprint density at radius 3 is 2.80 bits per heavy atom. The molecule has 20 heavy (non-hydrogen) atoms. The van der Waals surface area contributed by atoms with Crippen molar-refractivity contribution >= 4 is 11.9 Å². The van der Waals surface area contributed by atoms with Crippen molar-refractivity contribution in [1.82, 2.24) is 16.0 Å². The van der Waals surface area contributed by atoms with Crippen LogP contribution in [0.2, 0.25) is 0 Å². The Morgan fingerprint density at radius 2 is 2.20 bits per heavy atom. The van der Waals surface area contributed by atoms with Gasteiger partial charge in [-0.3, -0.25) is 20.2 Å². The van der Waals surface area contributed by atoms with Crippen LogP contribution in [0.15, 0.2) is 0 Å². The SMILES string of the molecule is C#CC[C@@H]1C(=O)NC2NCC(C(=O)OC(C)(C)C)NC21. The van der Waals surface area contributed by atoms with Crippen LogP contribution in [0.3, 0.4) is 0 Å². The fraction of sp³-hybridized carbons (Fsp3) is 0.714. The van der Waals surface area contributed by atoms with Gasteiger partial charge in [0.25, 0.3) is 0 Å². The molecule has 0 aromatic rings. The van der Waals surface area contributed by atoms with Crippen LogP contribution >= 0.6 is 0 Å². The van der Waals surface area contributed by atoms with Crippen molar-refractivity contribution in [2.75, 3.05) is 6.54 Å². The van der Waals surface area contributed by atoms with Gasteiger partial charge in [-0.25, -0.2) is 0 Å². The lowest BCUT2D eigenvalue weighted by molar-refractivity contribution is -0.158. The summed E-state index contributed by atoms with van der Waals surface area (Å²) in [7, 11) is 0. The van der Waals surface area contributed by atoms with E-state index in [1.807, 2.05) is 20.8 Å². The topological polar surface area (TPSA) is 79.5 Å². The molecule has 2 rings (SSSR count). The third-order valence-corrected chi connectivity index (χ3v) is 3.39. The summed E-state index contributed by atoms with van der Waals surface area (Å²) >= 11 is 0. The zero-order valence-electron chi connectivity index (χ0n) is 12.0. The molecule has 0 aliphatic carbocycles. The number of fused-ring (bicyclic) bond motifs is 1. The van der Waals surface area contributed by atoms with Crippen molar-refractivity contribution in [3.05, 3.63) is 0 Å². The fourth-order valence-electron chi connectivity index (χ4n) is 2.54. The minimum absolute atomic E-state index is 0.0808. The van der Waals surface area contributed by atoms with Gasteiger partial charge in [-0.05, 0) is 20.8 Å². The molecule has 110 valence electrons. The molecule has 4 atom stereocenters. The summed E-state index contributed by atoms with van der Waals surface area (Å²) in [5, 5.41) is 9.18. The van der Waals surface area contributed by atoms with Gasteiger partial charge in [-0.15, -0.1) is 12.3 Å². The first-order valence-corrected chi connectivity index (χ1v) is 6.78. The molecule has 0 aromatic carbocycles. The van der Waals surface area contributed by atoms with E-state index in [2.05, 4.69) is 21.9 Å². The summed E-state index contributed by atoms with van der Waals surface area (Å²) < 4.78 is 5.36. The second kappa shape index (κ2) is 5.43. The standard InChI is InChI=1S/C14H21N3O3/c1-5-6-8-10-11(17-12(8)18)15-7-9(16-10)13(19)20-14(2,3)4/h1,8-11,15-16H,6-7H2,2-4H3,(H,17,18)/t8-,9?,10?,11?/m0/s1. The van der Waals surface area contributed by atoms with Gasteiger partial charge in [0.15, 0.2) is 0 Å². The van der Waals surface area contributed by atoms with E-state index in [0.29, 0.717) is 13.0 Å². The molecular formula is C14H21N3O3. The van der Waals surface area contributed by atoms with Crippen molar-refractivity contribution < 1.29 is 14.3 Å². The zero-order valence-corrected chi connectivity index (χ0v) is 12.0. The predicted molar refractivity (Wildman–Crippen MR) is 73.4 cm³/mol. The van der Waals surface area contributed by atoms with Gasteiger partial charge >= 0.3 is 5.97 Å². The summed E-state index contributed by atoms with van der Waals surface area (Å²) in [6.07, 6.45) is 5.47. The molecule has 2 aliphatic heterocycles. The molecule has 6 nitrogen and oxygen atoms in total. The van der Waals surface area contributed by atoms with Gasteiger partial charge in [-0.1, -0.05) is 0 Å². The largest absolute Gasteiger partial charge is 0.459 e. The van der Waals surface area contributed by atoms with Crippen molar-refractivity contribution in [1.29, 1.82) is 0 Å². The summed E-state index contributed by atoms with van der Waals surface area (Å²) in [5.41, 5.74) is -0.530. The van der Waals surface area contributed by atoms with Gasteiger partial charge in [0.05, 0.1) is 18.1 Å². The van der Waals surface area contributed by atoms with E-state index in [0.717, 1.165) is 0 Å². The number of hydrogen-bond acceptors (Lipinski definition) is 5. The molecule has 3 unspecified atom stereocenters. The van der Waals surface area contributed by atoms with Gasteiger partial charge in [-0.2, -0.15) is 0 Å². The molecule has 0 spiro atoms. The Bertz CT molecular complexity index is 450. The zero-order chi connectivity index (χ0) is 14.9. The number of ether oxygens (including phenoxy) is 1. The van der Waals surface area contributed by atoms with Crippen LogP contribution in [0.5, 0.6) is 0 Å². The first-order chi connectivity index (χ1) is 9.31. The second-order valence-electron chi connectivity index (χ2n) is 6.19. The lowest BCUT2D eigenvalue weighted by atomic mass is 9.95. The number of amides is 1. The lowest BCUT2D eigenvalue weighted by Crippen LogP contribution is -2.65. The lowest BCUT2D eigenvalue weighted by Gasteiger charge is -2.35. The highest BCUT2D eigenvalue weighted by Gasteiger charge is 2.46. The second-order valence-corrected chi connectivity index (χ2v) is 6.19. The quantitative estimate of drug-likeness (QED) is 0.462. The van der Waals surface area contributed by atoms with E-state index in [-0.39, 0.29) is 30.0 Å². The average molecular weight is 279 g/mol. The van der Waals surface area contributed by atoms with Gasteiger partial charge in [0, 0.05) is 13.0 Å². The van der Waals surface area contributed by atoms with E-state index < -0.39 is 11.6 Å². The van der Waals surface area contributed by atoms with Crippen molar-refractivity contribution in [3.8, 4) is 12.3 Å². The Hall–Kier alpha value is -1.58. The number of hydrogen-bond donors (Lipinski definition) is 3. The van der Waals surface area contributed by atoms with Gasteiger partial charge in [0.1, 0.15) is 11.6 Å². The van der Waals surface area contributed by atoms with Crippen LogP contribution in [0.4, 0.5) is 0 Å². The molecule has 0 radical (unpaired) electrons. The maximum Gasteiger partial charge on any atom is 0.324 e. The van der Waals surface area contributed by atoms with Crippen LogP contribution in [0.25, 0.3) is 0 Å². The molecule has 0 saturated carbocycles. The summed E-state index contributed by atoms with van der Waals surface area (Å²) in [5.74, 6) is 1.80. The van der Waals surface area contributed by atoms with Gasteiger partial charge in [0.2, 0.25) is 5.91 Å². The number of carbonyl (C=O) groups is 2. The third kappa shape index (κ3) is 3.11. The number of nitrogens with one attached hydrogen (secondary N) is 3. The van der Waals surface area contributed by atoms with Crippen LogP contribution in [0, 0.1) is 18.3 Å². The molecule has 2 heterocycles. The van der Waals surface area contributed by atoms with Crippen LogP contribution in [-0.2, 0) is 14.3 Å². The average Bonchev–Trinajstić information content (AvgIpc) is 2.64. The monoisotopic (exact) mass is 279 g/mol. The normalized spacial score (nSPS) is 33.0.